The van der Waals surface area contributed by atoms with Gasteiger partial charge in [0.25, 0.3) is 0 Å². The molecular formula is C13H12N4O2S. The minimum atomic E-state index is -0.316. The fourth-order valence-electron chi connectivity index (χ4n) is 1.99. The third-order valence-corrected chi connectivity index (χ3v) is 3.59. The zero-order chi connectivity index (χ0) is 13.9. The summed E-state index contributed by atoms with van der Waals surface area (Å²) >= 11 is 1.48. The highest BCUT2D eigenvalue weighted by Gasteiger charge is 2.25. The Morgan fingerprint density at radius 3 is 3.15 bits per heavy atom. The molecule has 2 aromatic heterocycles. The topological polar surface area (TPSA) is 68.2 Å². The second-order valence-electron chi connectivity index (χ2n) is 4.11. The Bertz CT molecular complexity index is 654. The van der Waals surface area contributed by atoms with Crippen molar-refractivity contribution >= 4 is 28.3 Å². The van der Waals surface area contributed by atoms with E-state index in [1.54, 1.807) is 30.4 Å². The molecule has 7 heteroatoms. The van der Waals surface area contributed by atoms with Crippen LogP contribution in [0.2, 0.25) is 0 Å². The number of nitrogens with zero attached hydrogens (tertiary/aromatic N) is 4. The van der Waals surface area contributed by atoms with Gasteiger partial charge in [-0.05, 0) is 6.92 Å². The van der Waals surface area contributed by atoms with Gasteiger partial charge in [-0.25, -0.2) is 19.7 Å². The van der Waals surface area contributed by atoms with Crippen molar-refractivity contribution in [2.75, 3.05) is 11.5 Å². The van der Waals surface area contributed by atoms with E-state index in [1.165, 1.54) is 17.7 Å². The third-order valence-electron chi connectivity index (χ3n) is 2.82. The summed E-state index contributed by atoms with van der Waals surface area (Å²) in [4.78, 5) is 26.3. The lowest BCUT2D eigenvalue weighted by Crippen LogP contribution is -2.23. The molecule has 0 amide bonds. The van der Waals surface area contributed by atoms with Gasteiger partial charge in [0, 0.05) is 36.0 Å². The standard InChI is InChI=1S/C13H12N4O2S/c1-2-19-12(18)10-5-9-6-14-8-16-11(9)17(7-10)13-15-3-4-20-13/h3-4,6-8H,2,5H2,1H3. The minimum Gasteiger partial charge on any atom is -0.463 e. The molecule has 0 radical (unpaired) electrons. The summed E-state index contributed by atoms with van der Waals surface area (Å²) in [6.45, 7) is 2.14. The van der Waals surface area contributed by atoms with Crippen molar-refractivity contribution < 1.29 is 9.53 Å². The number of carbonyl (C=O) groups is 1. The van der Waals surface area contributed by atoms with E-state index >= 15 is 0 Å². The molecule has 3 heterocycles. The van der Waals surface area contributed by atoms with Gasteiger partial charge in [0.05, 0.1) is 12.2 Å². The van der Waals surface area contributed by atoms with Crippen molar-refractivity contribution in [3.05, 3.63) is 41.4 Å². The van der Waals surface area contributed by atoms with Crippen LogP contribution in [0.25, 0.3) is 0 Å². The molecule has 0 aromatic carbocycles. The van der Waals surface area contributed by atoms with Gasteiger partial charge in [0.2, 0.25) is 0 Å². The zero-order valence-corrected chi connectivity index (χ0v) is 11.6. The molecule has 20 heavy (non-hydrogen) atoms. The van der Waals surface area contributed by atoms with Crippen molar-refractivity contribution in [1.82, 2.24) is 15.0 Å². The molecule has 102 valence electrons. The molecule has 0 spiro atoms. The highest BCUT2D eigenvalue weighted by Crippen LogP contribution is 2.33. The largest absolute Gasteiger partial charge is 0.463 e. The molecule has 0 bridgehead atoms. The number of fused-ring (bicyclic) bond motifs is 1. The summed E-state index contributed by atoms with van der Waals surface area (Å²) in [6, 6.07) is 0. The summed E-state index contributed by atoms with van der Waals surface area (Å²) in [5.41, 5.74) is 1.46. The van der Waals surface area contributed by atoms with Crippen molar-refractivity contribution in [3.63, 3.8) is 0 Å². The summed E-state index contributed by atoms with van der Waals surface area (Å²) in [5.74, 6) is 0.437. The highest BCUT2D eigenvalue weighted by atomic mass is 32.1. The lowest BCUT2D eigenvalue weighted by atomic mass is 10.0. The Kier molecular flexibility index (Phi) is 3.42. The van der Waals surface area contributed by atoms with Gasteiger partial charge in [0.1, 0.15) is 12.1 Å². The normalized spacial score (nSPS) is 13.7. The van der Waals surface area contributed by atoms with Gasteiger partial charge < -0.3 is 4.74 Å². The van der Waals surface area contributed by atoms with Crippen LogP contribution in [-0.2, 0) is 16.0 Å². The molecule has 0 unspecified atom stereocenters. The fraction of sp³-hybridized carbons (Fsp3) is 0.231. The Balaban J connectivity index is 2.03. The minimum absolute atomic E-state index is 0.316. The predicted octanol–water partition coefficient (Wildman–Crippen LogP) is 2.07. The SMILES string of the molecule is CCOC(=O)C1=CN(c2nccs2)c2ncncc2C1. The van der Waals surface area contributed by atoms with Gasteiger partial charge in [0.15, 0.2) is 5.13 Å². The average molecular weight is 288 g/mol. The number of anilines is 2. The molecule has 0 saturated carbocycles. The summed E-state index contributed by atoms with van der Waals surface area (Å²) in [7, 11) is 0. The number of rotatable bonds is 3. The summed E-state index contributed by atoms with van der Waals surface area (Å²) in [6.07, 6.45) is 7.13. The van der Waals surface area contributed by atoms with Crippen LogP contribution in [0.3, 0.4) is 0 Å². The molecule has 0 saturated heterocycles. The summed E-state index contributed by atoms with van der Waals surface area (Å²) < 4.78 is 5.07. The van der Waals surface area contributed by atoms with E-state index in [-0.39, 0.29) is 5.97 Å². The van der Waals surface area contributed by atoms with E-state index in [1.807, 2.05) is 5.38 Å². The lowest BCUT2D eigenvalue weighted by molar-refractivity contribution is -0.138. The molecule has 2 aromatic rings. The van der Waals surface area contributed by atoms with E-state index in [4.69, 9.17) is 4.74 Å². The zero-order valence-electron chi connectivity index (χ0n) is 10.8. The van der Waals surface area contributed by atoms with Crippen LogP contribution in [0.5, 0.6) is 0 Å². The quantitative estimate of drug-likeness (QED) is 0.805. The smallest absolute Gasteiger partial charge is 0.335 e. The predicted molar refractivity (Wildman–Crippen MR) is 74.7 cm³/mol. The van der Waals surface area contributed by atoms with Crippen LogP contribution in [0, 0.1) is 0 Å². The van der Waals surface area contributed by atoms with Gasteiger partial charge in [-0.15, -0.1) is 11.3 Å². The van der Waals surface area contributed by atoms with Crippen molar-refractivity contribution in [2.45, 2.75) is 13.3 Å². The van der Waals surface area contributed by atoms with Crippen LogP contribution in [0.15, 0.2) is 35.9 Å². The third kappa shape index (κ3) is 2.27. The van der Waals surface area contributed by atoms with Gasteiger partial charge in [-0.3, -0.25) is 4.90 Å². The van der Waals surface area contributed by atoms with Crippen molar-refractivity contribution in [1.29, 1.82) is 0 Å². The summed E-state index contributed by atoms with van der Waals surface area (Å²) in [5, 5.41) is 2.63. The molecule has 0 N–H and O–H groups in total. The molecular weight excluding hydrogens is 276 g/mol. The van der Waals surface area contributed by atoms with Crippen molar-refractivity contribution in [3.8, 4) is 0 Å². The first-order chi connectivity index (χ1) is 9.79. The van der Waals surface area contributed by atoms with E-state index < -0.39 is 0 Å². The Hall–Kier alpha value is -2.28. The van der Waals surface area contributed by atoms with E-state index in [9.17, 15) is 4.79 Å². The first kappa shape index (κ1) is 12.7. The van der Waals surface area contributed by atoms with Crippen LogP contribution in [0.4, 0.5) is 10.9 Å². The maximum atomic E-state index is 11.9. The van der Waals surface area contributed by atoms with Crippen LogP contribution in [-0.4, -0.2) is 27.5 Å². The number of thiazole rings is 1. The van der Waals surface area contributed by atoms with E-state index in [0.717, 1.165) is 16.5 Å². The first-order valence-electron chi connectivity index (χ1n) is 6.15. The number of ether oxygens (including phenoxy) is 1. The molecule has 0 aliphatic carbocycles. The average Bonchev–Trinajstić information content (AvgIpc) is 3.00. The molecule has 6 nitrogen and oxygen atoms in total. The van der Waals surface area contributed by atoms with Gasteiger partial charge in [-0.2, -0.15) is 0 Å². The maximum Gasteiger partial charge on any atom is 0.335 e. The molecule has 1 aliphatic heterocycles. The Labute approximate surface area is 119 Å². The molecule has 3 rings (SSSR count). The number of carbonyl (C=O) groups excluding carboxylic acids is 1. The number of aromatic nitrogens is 3. The number of hydrogen-bond donors (Lipinski definition) is 0. The lowest BCUT2D eigenvalue weighted by Gasteiger charge is -2.24. The van der Waals surface area contributed by atoms with E-state index in [2.05, 4.69) is 15.0 Å². The second-order valence-corrected chi connectivity index (χ2v) is 4.98. The highest BCUT2D eigenvalue weighted by molar-refractivity contribution is 7.13. The number of esters is 1. The number of hydrogen-bond acceptors (Lipinski definition) is 7. The van der Waals surface area contributed by atoms with Crippen molar-refractivity contribution in [2.24, 2.45) is 0 Å². The monoisotopic (exact) mass is 288 g/mol. The second kappa shape index (κ2) is 5.38. The van der Waals surface area contributed by atoms with Crippen LogP contribution < -0.4 is 4.90 Å². The first-order valence-corrected chi connectivity index (χ1v) is 7.03. The van der Waals surface area contributed by atoms with Gasteiger partial charge >= 0.3 is 5.97 Å². The molecule has 1 aliphatic rings. The Morgan fingerprint density at radius 2 is 2.40 bits per heavy atom. The fourth-order valence-corrected chi connectivity index (χ4v) is 2.61. The van der Waals surface area contributed by atoms with Crippen LogP contribution >= 0.6 is 11.3 Å². The molecule has 0 atom stereocenters. The van der Waals surface area contributed by atoms with E-state index in [0.29, 0.717) is 18.6 Å². The Morgan fingerprint density at radius 1 is 1.50 bits per heavy atom. The maximum absolute atomic E-state index is 11.9. The molecule has 0 fully saturated rings. The van der Waals surface area contributed by atoms with Gasteiger partial charge in [-0.1, -0.05) is 0 Å². The van der Waals surface area contributed by atoms with Crippen LogP contribution in [0.1, 0.15) is 12.5 Å².